The molecule has 2 aromatic rings. The number of carbonyl (C=O) groups is 1. The maximum Gasteiger partial charge on any atom is 0.261 e. The number of hydrogen-bond acceptors (Lipinski definition) is 2. The average Bonchev–Trinajstić information content (AvgIpc) is 2.79. The smallest absolute Gasteiger partial charge is 0.261 e. The Bertz CT molecular complexity index is 486. The molecular weight excluding hydrogens is 298 g/mol. The zero-order chi connectivity index (χ0) is 12.3. The molecule has 17 heavy (non-hydrogen) atoms. The van der Waals surface area contributed by atoms with Crippen LogP contribution in [-0.2, 0) is 0 Å². The maximum atomic E-state index is 12.0. The third-order valence-corrected chi connectivity index (χ3v) is 4.56. The molecule has 1 aromatic heterocycles. The summed E-state index contributed by atoms with van der Waals surface area (Å²) in [7, 11) is 0. The number of rotatable bonds is 4. The van der Waals surface area contributed by atoms with Crippen LogP contribution in [0.25, 0.3) is 10.1 Å². The third-order valence-electron chi connectivity index (χ3n) is 2.66. The van der Waals surface area contributed by atoms with Crippen LogP contribution >= 0.6 is 27.3 Å². The summed E-state index contributed by atoms with van der Waals surface area (Å²) in [6, 6.07) is 10.2. The number of nitrogens with one attached hydrogen (secondary N) is 1. The molecule has 0 spiro atoms. The predicted octanol–water partition coefficient (Wildman–Crippen LogP) is 3.80. The fraction of sp³-hybridized carbons (Fsp3) is 0.308. The minimum atomic E-state index is 0.0255. The van der Waals surface area contributed by atoms with E-state index in [1.54, 1.807) is 11.3 Å². The van der Waals surface area contributed by atoms with Crippen LogP contribution in [0.3, 0.4) is 0 Å². The van der Waals surface area contributed by atoms with Crippen molar-refractivity contribution in [2.45, 2.75) is 19.4 Å². The molecule has 0 aliphatic heterocycles. The SMILES string of the molecule is CCC(CBr)NC(=O)c1cc2ccccc2s1. The highest BCUT2D eigenvalue weighted by Crippen LogP contribution is 2.25. The predicted molar refractivity (Wildman–Crippen MR) is 77.2 cm³/mol. The number of fused-ring (bicyclic) bond motifs is 1. The van der Waals surface area contributed by atoms with Crippen LogP contribution in [-0.4, -0.2) is 17.3 Å². The van der Waals surface area contributed by atoms with Gasteiger partial charge in [-0.2, -0.15) is 0 Å². The normalized spacial score (nSPS) is 12.6. The number of benzene rings is 1. The van der Waals surface area contributed by atoms with Crippen LogP contribution in [0, 0.1) is 0 Å². The molecule has 1 N–H and O–H groups in total. The molecule has 0 bridgehead atoms. The van der Waals surface area contributed by atoms with Gasteiger partial charge in [-0.25, -0.2) is 0 Å². The van der Waals surface area contributed by atoms with Crippen LogP contribution in [0.5, 0.6) is 0 Å². The first kappa shape index (κ1) is 12.6. The number of halogens is 1. The molecule has 1 atom stereocenters. The minimum absolute atomic E-state index is 0.0255. The van der Waals surface area contributed by atoms with E-state index < -0.39 is 0 Å². The van der Waals surface area contributed by atoms with E-state index in [2.05, 4.69) is 28.2 Å². The van der Waals surface area contributed by atoms with Gasteiger partial charge in [0.2, 0.25) is 0 Å². The lowest BCUT2D eigenvalue weighted by Gasteiger charge is -2.12. The largest absolute Gasteiger partial charge is 0.348 e. The summed E-state index contributed by atoms with van der Waals surface area (Å²) in [5.41, 5.74) is 0. The van der Waals surface area contributed by atoms with Gasteiger partial charge in [-0.05, 0) is 23.9 Å². The van der Waals surface area contributed by atoms with Gasteiger partial charge in [0.25, 0.3) is 5.91 Å². The third kappa shape index (κ3) is 2.87. The van der Waals surface area contributed by atoms with E-state index in [4.69, 9.17) is 0 Å². The van der Waals surface area contributed by atoms with Gasteiger partial charge in [0.05, 0.1) is 4.88 Å². The second-order valence-corrected chi connectivity index (χ2v) is 5.61. The standard InChI is InChI=1S/C13H14BrNOS/c1-2-10(8-14)15-13(16)12-7-9-5-3-4-6-11(9)17-12/h3-7,10H,2,8H2,1H3,(H,15,16). The molecule has 90 valence electrons. The summed E-state index contributed by atoms with van der Waals surface area (Å²) >= 11 is 4.94. The molecule has 2 rings (SSSR count). The van der Waals surface area contributed by atoms with Crippen molar-refractivity contribution in [3.63, 3.8) is 0 Å². The van der Waals surface area contributed by atoms with Crippen molar-refractivity contribution in [2.24, 2.45) is 0 Å². The Balaban J connectivity index is 2.19. The summed E-state index contributed by atoms with van der Waals surface area (Å²) in [5, 5.41) is 4.94. The first-order valence-electron chi connectivity index (χ1n) is 5.60. The number of carbonyl (C=O) groups excluding carboxylic acids is 1. The lowest BCUT2D eigenvalue weighted by Crippen LogP contribution is -2.34. The van der Waals surface area contributed by atoms with Gasteiger partial charge in [0, 0.05) is 16.1 Å². The fourth-order valence-electron chi connectivity index (χ4n) is 1.60. The topological polar surface area (TPSA) is 29.1 Å². The average molecular weight is 312 g/mol. The van der Waals surface area contributed by atoms with E-state index in [1.165, 1.54) is 0 Å². The fourth-order valence-corrected chi connectivity index (χ4v) is 3.19. The summed E-state index contributed by atoms with van der Waals surface area (Å²) in [5.74, 6) is 0.0255. The molecule has 0 aliphatic rings. The molecular formula is C13H14BrNOS. The van der Waals surface area contributed by atoms with Crippen molar-refractivity contribution in [2.75, 3.05) is 5.33 Å². The van der Waals surface area contributed by atoms with Crippen molar-refractivity contribution in [1.29, 1.82) is 0 Å². The summed E-state index contributed by atoms with van der Waals surface area (Å²) in [6.07, 6.45) is 0.932. The molecule has 0 saturated heterocycles. The molecule has 2 nitrogen and oxygen atoms in total. The van der Waals surface area contributed by atoms with E-state index in [0.29, 0.717) is 0 Å². The van der Waals surface area contributed by atoms with Crippen LogP contribution in [0.2, 0.25) is 0 Å². The van der Waals surface area contributed by atoms with Crippen LogP contribution < -0.4 is 5.32 Å². The summed E-state index contributed by atoms with van der Waals surface area (Å²) < 4.78 is 1.16. The van der Waals surface area contributed by atoms with Crippen molar-refractivity contribution < 1.29 is 4.79 Å². The number of thiophene rings is 1. The van der Waals surface area contributed by atoms with Crippen LogP contribution in [0.15, 0.2) is 30.3 Å². The molecule has 0 aliphatic carbocycles. The Hall–Kier alpha value is -0.870. The highest BCUT2D eigenvalue weighted by molar-refractivity contribution is 9.09. The number of amides is 1. The summed E-state index contributed by atoms with van der Waals surface area (Å²) in [6.45, 7) is 2.07. The monoisotopic (exact) mass is 311 g/mol. The van der Waals surface area contributed by atoms with Gasteiger partial charge in [0.15, 0.2) is 0 Å². The number of alkyl halides is 1. The Morgan fingerprint density at radius 3 is 2.88 bits per heavy atom. The van der Waals surface area contributed by atoms with Gasteiger partial charge in [-0.3, -0.25) is 4.79 Å². The summed E-state index contributed by atoms with van der Waals surface area (Å²) in [4.78, 5) is 12.8. The minimum Gasteiger partial charge on any atom is -0.348 e. The number of hydrogen-bond donors (Lipinski definition) is 1. The zero-order valence-electron chi connectivity index (χ0n) is 9.57. The van der Waals surface area contributed by atoms with E-state index in [-0.39, 0.29) is 11.9 Å². The molecule has 1 aromatic carbocycles. The second-order valence-electron chi connectivity index (χ2n) is 3.88. The Kier molecular flexibility index (Phi) is 4.18. The highest BCUT2D eigenvalue weighted by atomic mass is 79.9. The molecule has 1 heterocycles. The molecule has 1 amide bonds. The Morgan fingerprint density at radius 1 is 1.47 bits per heavy atom. The van der Waals surface area contributed by atoms with Crippen molar-refractivity contribution in [3.8, 4) is 0 Å². The van der Waals surface area contributed by atoms with Crippen molar-refractivity contribution >= 4 is 43.3 Å². The lowest BCUT2D eigenvalue weighted by atomic mass is 10.2. The van der Waals surface area contributed by atoms with Gasteiger partial charge in [-0.15, -0.1) is 11.3 Å². The van der Waals surface area contributed by atoms with E-state index >= 15 is 0 Å². The first-order chi connectivity index (χ1) is 8.24. The van der Waals surface area contributed by atoms with Crippen LogP contribution in [0.4, 0.5) is 0 Å². The van der Waals surface area contributed by atoms with Crippen LogP contribution in [0.1, 0.15) is 23.0 Å². The zero-order valence-corrected chi connectivity index (χ0v) is 12.0. The van der Waals surface area contributed by atoms with Gasteiger partial charge in [0.1, 0.15) is 0 Å². The Morgan fingerprint density at radius 2 is 2.24 bits per heavy atom. The van der Waals surface area contributed by atoms with Crippen molar-refractivity contribution in [1.82, 2.24) is 5.32 Å². The first-order valence-corrected chi connectivity index (χ1v) is 7.53. The van der Waals surface area contributed by atoms with Crippen molar-refractivity contribution in [3.05, 3.63) is 35.2 Å². The quantitative estimate of drug-likeness (QED) is 0.855. The van der Waals surface area contributed by atoms with Gasteiger partial charge >= 0.3 is 0 Å². The van der Waals surface area contributed by atoms with E-state index in [9.17, 15) is 4.79 Å². The molecule has 0 fully saturated rings. The van der Waals surface area contributed by atoms with Gasteiger partial charge in [-0.1, -0.05) is 41.1 Å². The second kappa shape index (κ2) is 5.65. The lowest BCUT2D eigenvalue weighted by molar-refractivity contribution is 0.0944. The Labute approximate surface area is 113 Å². The molecule has 0 saturated carbocycles. The molecule has 0 radical (unpaired) electrons. The van der Waals surface area contributed by atoms with E-state index in [1.807, 2.05) is 30.3 Å². The maximum absolute atomic E-state index is 12.0. The van der Waals surface area contributed by atoms with Gasteiger partial charge < -0.3 is 5.32 Å². The molecule has 1 unspecified atom stereocenters. The van der Waals surface area contributed by atoms with E-state index in [0.717, 1.165) is 26.7 Å². The molecule has 4 heteroatoms. The highest BCUT2D eigenvalue weighted by Gasteiger charge is 2.13.